The van der Waals surface area contributed by atoms with Gasteiger partial charge in [-0.05, 0) is 13.3 Å². The molecule has 1 amide bonds. The van der Waals surface area contributed by atoms with Gasteiger partial charge in [-0.3, -0.25) is 4.57 Å². The number of imidazole rings is 1. The van der Waals surface area contributed by atoms with Crippen LogP contribution in [0.2, 0.25) is 0 Å². The third-order valence-corrected chi connectivity index (χ3v) is 4.94. The van der Waals surface area contributed by atoms with Crippen molar-refractivity contribution in [1.29, 1.82) is 0 Å². The lowest BCUT2D eigenvalue weighted by Gasteiger charge is -2.17. The van der Waals surface area contributed by atoms with Gasteiger partial charge < -0.3 is 35.1 Å². The van der Waals surface area contributed by atoms with E-state index in [0.29, 0.717) is 36.7 Å². The zero-order valence-electron chi connectivity index (χ0n) is 15.9. The highest BCUT2D eigenvalue weighted by atomic mass is 16.6. The van der Waals surface area contributed by atoms with E-state index in [2.05, 4.69) is 25.6 Å². The molecule has 12 heteroatoms. The minimum absolute atomic E-state index is 0.143. The van der Waals surface area contributed by atoms with Gasteiger partial charge in [-0.2, -0.15) is 0 Å². The molecule has 4 heterocycles. The Morgan fingerprint density at radius 2 is 2.21 bits per heavy atom. The molecule has 0 spiro atoms. The van der Waals surface area contributed by atoms with Gasteiger partial charge in [-0.25, -0.2) is 19.7 Å². The Morgan fingerprint density at radius 1 is 1.34 bits per heavy atom. The fourth-order valence-electron chi connectivity index (χ4n) is 3.44. The quantitative estimate of drug-likeness (QED) is 0.487. The highest BCUT2D eigenvalue weighted by molar-refractivity contribution is 5.82. The van der Waals surface area contributed by atoms with Crippen LogP contribution in [0.1, 0.15) is 19.6 Å². The second kappa shape index (κ2) is 8.45. The van der Waals surface area contributed by atoms with Crippen LogP contribution in [-0.4, -0.2) is 86.5 Å². The lowest BCUT2D eigenvalue weighted by Crippen LogP contribution is -2.35. The van der Waals surface area contributed by atoms with Crippen molar-refractivity contribution in [3.8, 4) is 0 Å². The first kappa shape index (κ1) is 19.8. The number of aromatic nitrogens is 4. The molecule has 0 unspecified atom stereocenters. The number of rotatable bonds is 6. The van der Waals surface area contributed by atoms with Crippen LogP contribution in [0.25, 0.3) is 11.2 Å². The van der Waals surface area contributed by atoms with Crippen molar-refractivity contribution in [3.05, 3.63) is 12.7 Å². The zero-order chi connectivity index (χ0) is 20.4. The van der Waals surface area contributed by atoms with Gasteiger partial charge in [0.05, 0.1) is 19.0 Å². The van der Waals surface area contributed by atoms with Crippen LogP contribution in [0.5, 0.6) is 0 Å². The Hall–Kier alpha value is -2.54. The van der Waals surface area contributed by atoms with E-state index < -0.39 is 30.6 Å². The van der Waals surface area contributed by atoms with Crippen molar-refractivity contribution >= 4 is 23.1 Å². The van der Waals surface area contributed by atoms with E-state index in [1.165, 1.54) is 17.2 Å². The van der Waals surface area contributed by atoms with Gasteiger partial charge in [-0.1, -0.05) is 0 Å². The van der Waals surface area contributed by atoms with Crippen molar-refractivity contribution in [2.75, 3.05) is 31.7 Å². The molecule has 0 aromatic carbocycles. The second-order valence-electron chi connectivity index (χ2n) is 6.93. The van der Waals surface area contributed by atoms with E-state index in [1.807, 2.05) is 0 Å². The summed E-state index contributed by atoms with van der Waals surface area (Å²) in [6.45, 7) is 3.27. The van der Waals surface area contributed by atoms with E-state index in [-0.39, 0.29) is 12.6 Å². The number of amides is 1. The van der Waals surface area contributed by atoms with Crippen molar-refractivity contribution in [2.24, 2.45) is 0 Å². The van der Waals surface area contributed by atoms with Gasteiger partial charge >= 0.3 is 6.09 Å². The molecule has 0 aliphatic carbocycles. The maximum absolute atomic E-state index is 11.5. The third kappa shape index (κ3) is 3.96. The summed E-state index contributed by atoms with van der Waals surface area (Å²) < 4.78 is 17.7. The molecule has 158 valence electrons. The molecular weight excluding hydrogens is 384 g/mol. The number of aliphatic hydroxyl groups is 2. The molecule has 2 saturated heterocycles. The normalized spacial score (nSPS) is 29.3. The molecule has 0 saturated carbocycles. The second-order valence-corrected chi connectivity index (χ2v) is 6.93. The number of hydrogen-bond acceptors (Lipinski definition) is 10. The molecular formula is C17H24N6O6. The molecule has 2 fully saturated rings. The van der Waals surface area contributed by atoms with Crippen LogP contribution in [0.3, 0.4) is 0 Å². The van der Waals surface area contributed by atoms with Crippen molar-refractivity contribution in [3.63, 3.8) is 0 Å². The summed E-state index contributed by atoms with van der Waals surface area (Å²) in [7, 11) is 0. The molecule has 4 rings (SSSR count). The van der Waals surface area contributed by atoms with Gasteiger partial charge in [-0.15, -0.1) is 0 Å². The fraction of sp³-hybridized carbons (Fsp3) is 0.647. The Morgan fingerprint density at radius 3 is 2.97 bits per heavy atom. The van der Waals surface area contributed by atoms with E-state index in [9.17, 15) is 15.0 Å². The summed E-state index contributed by atoms with van der Waals surface area (Å²) in [6.07, 6.45) is -1.17. The standard InChI is InChI=1S/C17H24N6O6/c1-2-18-17(26)28-6-10-12(24)13(25)16(29-10)23-8-21-11-14(19-7-20-15(11)23)22-9-3-4-27-5-9/h7-10,12-13,16,24-25H,2-6H2,1H3,(H,18,26)(H,19,20,22)/t9-,10-,12-,13-,16-/m1/s1. The predicted octanol–water partition coefficient (Wildman–Crippen LogP) is -0.608. The molecule has 2 aliphatic heterocycles. The minimum atomic E-state index is -1.25. The lowest BCUT2D eigenvalue weighted by molar-refractivity contribution is -0.0532. The van der Waals surface area contributed by atoms with Gasteiger partial charge in [0.25, 0.3) is 0 Å². The highest BCUT2D eigenvalue weighted by Gasteiger charge is 2.45. The third-order valence-electron chi connectivity index (χ3n) is 4.94. The first-order chi connectivity index (χ1) is 14.1. The van der Waals surface area contributed by atoms with Gasteiger partial charge in [0.15, 0.2) is 23.2 Å². The number of nitrogens with one attached hydrogen (secondary N) is 2. The number of hydrogen-bond donors (Lipinski definition) is 4. The highest BCUT2D eigenvalue weighted by Crippen LogP contribution is 2.32. The van der Waals surface area contributed by atoms with E-state index in [0.717, 1.165) is 6.42 Å². The van der Waals surface area contributed by atoms with Crippen LogP contribution in [-0.2, 0) is 14.2 Å². The SMILES string of the molecule is CCNC(=O)OC[C@H]1O[C@@H](n2cnc3c(N[C@@H]4CCOC4)ncnc32)[C@H](O)[C@@H]1O. The number of nitrogens with zero attached hydrogens (tertiary/aromatic N) is 4. The minimum Gasteiger partial charge on any atom is -0.447 e. The summed E-state index contributed by atoms with van der Waals surface area (Å²) in [4.78, 5) is 24.3. The van der Waals surface area contributed by atoms with Gasteiger partial charge in [0.1, 0.15) is 31.2 Å². The number of aliphatic hydroxyl groups excluding tert-OH is 2. The Balaban J connectivity index is 1.51. The predicted molar refractivity (Wildman–Crippen MR) is 99.1 cm³/mol. The van der Waals surface area contributed by atoms with Crippen LogP contribution in [0.15, 0.2) is 12.7 Å². The van der Waals surface area contributed by atoms with Gasteiger partial charge in [0.2, 0.25) is 0 Å². The Kier molecular flexibility index (Phi) is 5.76. The molecule has 29 heavy (non-hydrogen) atoms. The number of anilines is 1. The van der Waals surface area contributed by atoms with Crippen LogP contribution in [0.4, 0.5) is 10.6 Å². The summed E-state index contributed by atoms with van der Waals surface area (Å²) in [5, 5.41) is 26.6. The molecule has 4 N–H and O–H groups in total. The molecule has 2 aromatic rings. The Labute approximate surface area is 166 Å². The van der Waals surface area contributed by atoms with E-state index >= 15 is 0 Å². The first-order valence-electron chi connectivity index (χ1n) is 9.52. The summed E-state index contributed by atoms with van der Waals surface area (Å²) in [5.74, 6) is 0.563. The average Bonchev–Trinajstić information content (AvgIpc) is 3.43. The van der Waals surface area contributed by atoms with Crippen molar-refractivity contribution in [2.45, 2.75) is 43.9 Å². The monoisotopic (exact) mass is 408 g/mol. The molecule has 2 aromatic heterocycles. The summed E-state index contributed by atoms with van der Waals surface area (Å²) in [6, 6.07) is 0.143. The van der Waals surface area contributed by atoms with Gasteiger partial charge in [0, 0.05) is 13.2 Å². The van der Waals surface area contributed by atoms with Crippen molar-refractivity contribution < 1.29 is 29.2 Å². The number of ether oxygens (including phenoxy) is 3. The van der Waals surface area contributed by atoms with Crippen LogP contribution >= 0.6 is 0 Å². The first-order valence-corrected chi connectivity index (χ1v) is 9.52. The van der Waals surface area contributed by atoms with Crippen LogP contribution in [0, 0.1) is 0 Å². The lowest BCUT2D eigenvalue weighted by atomic mass is 10.1. The topological polar surface area (TPSA) is 153 Å². The smallest absolute Gasteiger partial charge is 0.407 e. The van der Waals surface area contributed by atoms with E-state index in [4.69, 9.17) is 14.2 Å². The molecule has 5 atom stereocenters. The maximum atomic E-state index is 11.5. The number of carbonyl (C=O) groups is 1. The molecule has 2 aliphatic rings. The van der Waals surface area contributed by atoms with E-state index in [1.54, 1.807) is 6.92 Å². The average molecular weight is 408 g/mol. The fourth-order valence-corrected chi connectivity index (χ4v) is 3.44. The number of alkyl carbamates (subject to hydrolysis) is 1. The summed E-state index contributed by atoms with van der Waals surface area (Å²) >= 11 is 0. The molecule has 12 nitrogen and oxygen atoms in total. The molecule has 0 bridgehead atoms. The Bertz CT molecular complexity index is 856. The summed E-state index contributed by atoms with van der Waals surface area (Å²) in [5.41, 5.74) is 0.967. The number of fused-ring (bicyclic) bond motifs is 1. The van der Waals surface area contributed by atoms with Crippen molar-refractivity contribution in [1.82, 2.24) is 24.8 Å². The maximum Gasteiger partial charge on any atom is 0.407 e. The number of carbonyl (C=O) groups excluding carboxylic acids is 1. The largest absolute Gasteiger partial charge is 0.447 e. The zero-order valence-corrected chi connectivity index (χ0v) is 15.9. The van der Waals surface area contributed by atoms with Crippen LogP contribution < -0.4 is 10.6 Å². The molecule has 0 radical (unpaired) electrons.